The van der Waals surface area contributed by atoms with Gasteiger partial charge < -0.3 is 15.8 Å². The summed E-state index contributed by atoms with van der Waals surface area (Å²) in [5, 5.41) is 2.95. The number of nitrogens with two attached hydrogens (primary N) is 1. The summed E-state index contributed by atoms with van der Waals surface area (Å²) in [7, 11) is 0. The lowest BCUT2D eigenvalue weighted by Gasteiger charge is -2.34. The summed E-state index contributed by atoms with van der Waals surface area (Å²) >= 11 is 0. The summed E-state index contributed by atoms with van der Waals surface area (Å²) in [5.41, 5.74) is 7.53. The minimum atomic E-state index is 0. The molecule has 0 radical (unpaired) electrons. The minimum Gasteiger partial charge on any atom is -0.492 e. The Bertz CT molecular complexity index is 708. The number of anilines is 1. The summed E-state index contributed by atoms with van der Waals surface area (Å²) in [6.45, 7) is 6.14. The van der Waals surface area contributed by atoms with Gasteiger partial charge in [-0.25, -0.2) is 0 Å². The van der Waals surface area contributed by atoms with Gasteiger partial charge in [0.2, 0.25) is 5.91 Å². The number of carbonyl (C=O) groups excluding carboxylic acids is 1. The van der Waals surface area contributed by atoms with Crippen molar-refractivity contribution in [2.24, 2.45) is 5.73 Å². The molecule has 0 spiro atoms. The van der Waals surface area contributed by atoms with Crippen LogP contribution in [0.2, 0.25) is 0 Å². The molecular formula is C21H30Cl2N4O2. The number of benzene rings is 2. The number of halogens is 2. The maximum Gasteiger partial charge on any atom is 0.238 e. The van der Waals surface area contributed by atoms with Gasteiger partial charge in [0.15, 0.2) is 0 Å². The lowest BCUT2D eigenvalue weighted by molar-refractivity contribution is -0.117. The van der Waals surface area contributed by atoms with E-state index in [2.05, 4.69) is 39.4 Å². The maximum atomic E-state index is 12.3. The van der Waals surface area contributed by atoms with E-state index in [1.807, 2.05) is 30.3 Å². The Morgan fingerprint density at radius 1 is 0.931 bits per heavy atom. The van der Waals surface area contributed by atoms with Crippen LogP contribution >= 0.6 is 24.8 Å². The van der Waals surface area contributed by atoms with E-state index in [9.17, 15) is 4.79 Å². The van der Waals surface area contributed by atoms with E-state index in [4.69, 9.17) is 10.5 Å². The van der Waals surface area contributed by atoms with E-state index in [-0.39, 0.29) is 30.7 Å². The van der Waals surface area contributed by atoms with Gasteiger partial charge in [-0.15, -0.1) is 24.8 Å². The number of piperazine rings is 1. The first-order chi connectivity index (χ1) is 13.2. The number of hydrogen-bond acceptors (Lipinski definition) is 5. The Morgan fingerprint density at radius 3 is 2.17 bits per heavy atom. The Morgan fingerprint density at radius 2 is 1.55 bits per heavy atom. The fourth-order valence-electron chi connectivity index (χ4n) is 3.16. The Hall–Kier alpha value is -1.83. The molecule has 0 saturated carbocycles. The summed E-state index contributed by atoms with van der Waals surface area (Å²) < 4.78 is 5.44. The normalized spacial score (nSPS) is 14.4. The standard InChI is InChI=1S/C21H28N4O2.2ClH/c22-10-15-27-20-8-6-19(7-9-20)23-21(26)17-25-13-11-24(12-14-25)16-18-4-2-1-3-5-18;;/h1-9H,10-17,22H2,(H,23,26);2*1H. The van der Waals surface area contributed by atoms with Crippen molar-refractivity contribution in [1.29, 1.82) is 0 Å². The van der Waals surface area contributed by atoms with Gasteiger partial charge in [0, 0.05) is 45.0 Å². The Balaban J connectivity index is 0.00000210. The molecule has 1 saturated heterocycles. The van der Waals surface area contributed by atoms with Gasteiger partial charge in [-0.2, -0.15) is 0 Å². The SMILES string of the molecule is Cl.Cl.NCCOc1ccc(NC(=O)CN2CCN(Cc3ccccc3)CC2)cc1. The predicted octanol–water partition coefficient (Wildman–Crippen LogP) is 2.62. The summed E-state index contributed by atoms with van der Waals surface area (Å²) in [6.07, 6.45) is 0. The van der Waals surface area contributed by atoms with Crippen LogP contribution in [0.3, 0.4) is 0 Å². The minimum absolute atomic E-state index is 0. The second-order valence-electron chi connectivity index (χ2n) is 6.75. The smallest absolute Gasteiger partial charge is 0.238 e. The second kappa shape index (κ2) is 13.4. The van der Waals surface area contributed by atoms with Gasteiger partial charge in [0.1, 0.15) is 12.4 Å². The highest BCUT2D eigenvalue weighted by Crippen LogP contribution is 2.15. The highest BCUT2D eigenvalue weighted by Gasteiger charge is 2.19. The van der Waals surface area contributed by atoms with Crippen LogP contribution in [-0.2, 0) is 11.3 Å². The largest absolute Gasteiger partial charge is 0.492 e. The first-order valence-electron chi connectivity index (χ1n) is 9.44. The number of ether oxygens (including phenoxy) is 1. The molecule has 1 amide bonds. The zero-order valence-electron chi connectivity index (χ0n) is 16.5. The lowest BCUT2D eigenvalue weighted by atomic mass is 10.2. The molecule has 1 aliphatic rings. The number of hydrogen-bond donors (Lipinski definition) is 2. The molecule has 2 aromatic carbocycles. The van der Waals surface area contributed by atoms with Gasteiger partial charge in [0.05, 0.1) is 6.54 Å². The third-order valence-corrected chi connectivity index (χ3v) is 4.61. The highest BCUT2D eigenvalue weighted by atomic mass is 35.5. The number of carbonyl (C=O) groups is 1. The average Bonchev–Trinajstić information content (AvgIpc) is 2.70. The monoisotopic (exact) mass is 440 g/mol. The van der Waals surface area contributed by atoms with E-state index < -0.39 is 0 Å². The van der Waals surface area contributed by atoms with Crippen LogP contribution in [0.1, 0.15) is 5.56 Å². The number of amides is 1. The number of nitrogens with zero attached hydrogens (tertiary/aromatic N) is 2. The van der Waals surface area contributed by atoms with Crippen LogP contribution in [0, 0.1) is 0 Å². The molecule has 2 aromatic rings. The van der Waals surface area contributed by atoms with Crippen LogP contribution in [0.25, 0.3) is 0 Å². The van der Waals surface area contributed by atoms with Crippen LogP contribution in [0.5, 0.6) is 5.75 Å². The van der Waals surface area contributed by atoms with E-state index >= 15 is 0 Å². The molecule has 3 rings (SSSR count). The molecule has 0 unspecified atom stereocenters. The molecule has 1 fully saturated rings. The molecule has 1 aliphatic heterocycles. The third-order valence-electron chi connectivity index (χ3n) is 4.61. The Labute approximate surface area is 185 Å². The van der Waals surface area contributed by atoms with Crippen LogP contribution in [0.15, 0.2) is 54.6 Å². The molecule has 1 heterocycles. The quantitative estimate of drug-likeness (QED) is 0.659. The predicted molar refractivity (Wildman–Crippen MR) is 122 cm³/mol. The van der Waals surface area contributed by atoms with Gasteiger partial charge >= 0.3 is 0 Å². The summed E-state index contributed by atoms with van der Waals surface area (Å²) in [6, 6.07) is 17.9. The lowest BCUT2D eigenvalue weighted by Crippen LogP contribution is -2.48. The van der Waals surface area contributed by atoms with Crippen molar-refractivity contribution in [2.75, 3.05) is 51.2 Å². The number of rotatable bonds is 8. The molecular weight excluding hydrogens is 411 g/mol. The van der Waals surface area contributed by atoms with Crippen LogP contribution in [0.4, 0.5) is 5.69 Å². The fraction of sp³-hybridized carbons (Fsp3) is 0.381. The van der Waals surface area contributed by atoms with E-state index in [0.29, 0.717) is 19.7 Å². The van der Waals surface area contributed by atoms with E-state index in [0.717, 1.165) is 44.2 Å². The molecule has 0 aromatic heterocycles. The molecule has 6 nitrogen and oxygen atoms in total. The summed E-state index contributed by atoms with van der Waals surface area (Å²) in [4.78, 5) is 16.9. The molecule has 0 aliphatic carbocycles. The third kappa shape index (κ3) is 8.60. The Kier molecular flexibility index (Phi) is 11.7. The van der Waals surface area contributed by atoms with Gasteiger partial charge in [0.25, 0.3) is 0 Å². The number of nitrogens with one attached hydrogen (secondary N) is 1. The van der Waals surface area contributed by atoms with Crippen LogP contribution in [-0.4, -0.2) is 61.6 Å². The summed E-state index contributed by atoms with van der Waals surface area (Å²) in [5.74, 6) is 0.773. The second-order valence-corrected chi connectivity index (χ2v) is 6.75. The van der Waals surface area contributed by atoms with Crippen molar-refractivity contribution < 1.29 is 9.53 Å². The highest BCUT2D eigenvalue weighted by molar-refractivity contribution is 5.92. The van der Waals surface area contributed by atoms with Gasteiger partial charge in [-0.3, -0.25) is 14.6 Å². The first-order valence-corrected chi connectivity index (χ1v) is 9.44. The van der Waals surface area contributed by atoms with Crippen LogP contribution < -0.4 is 15.8 Å². The molecule has 29 heavy (non-hydrogen) atoms. The van der Waals surface area contributed by atoms with Gasteiger partial charge in [-0.1, -0.05) is 30.3 Å². The molecule has 8 heteroatoms. The fourth-order valence-corrected chi connectivity index (χ4v) is 3.16. The maximum absolute atomic E-state index is 12.3. The van der Waals surface area contributed by atoms with E-state index in [1.54, 1.807) is 0 Å². The first kappa shape index (κ1) is 25.2. The van der Waals surface area contributed by atoms with Crippen molar-refractivity contribution >= 4 is 36.4 Å². The zero-order valence-corrected chi connectivity index (χ0v) is 18.1. The van der Waals surface area contributed by atoms with Crippen molar-refractivity contribution in [3.63, 3.8) is 0 Å². The topological polar surface area (TPSA) is 70.8 Å². The van der Waals surface area contributed by atoms with Gasteiger partial charge in [-0.05, 0) is 29.8 Å². The average molecular weight is 441 g/mol. The molecule has 0 bridgehead atoms. The van der Waals surface area contributed by atoms with E-state index in [1.165, 1.54) is 5.56 Å². The van der Waals surface area contributed by atoms with Crippen molar-refractivity contribution in [3.05, 3.63) is 60.2 Å². The van der Waals surface area contributed by atoms with Crippen molar-refractivity contribution in [2.45, 2.75) is 6.54 Å². The molecule has 3 N–H and O–H groups in total. The molecule has 160 valence electrons. The zero-order chi connectivity index (χ0) is 18.9. The van der Waals surface area contributed by atoms with Crippen molar-refractivity contribution in [3.8, 4) is 5.75 Å². The van der Waals surface area contributed by atoms with Crippen molar-refractivity contribution in [1.82, 2.24) is 9.80 Å². The molecule has 0 atom stereocenters.